The maximum Gasteiger partial charge on any atom is 0.295 e. The van der Waals surface area contributed by atoms with Gasteiger partial charge in [-0.2, -0.15) is 0 Å². The van der Waals surface area contributed by atoms with E-state index in [0.29, 0.717) is 29.9 Å². The number of carbonyl (C=O) groups is 2. The van der Waals surface area contributed by atoms with E-state index in [2.05, 4.69) is 0 Å². The molecule has 170 valence electrons. The van der Waals surface area contributed by atoms with E-state index in [0.717, 1.165) is 5.56 Å². The summed E-state index contributed by atoms with van der Waals surface area (Å²) in [6, 6.07) is 8.77. The van der Waals surface area contributed by atoms with E-state index >= 15 is 0 Å². The fraction of sp³-hybridized carbons (Fsp3) is 0.333. The lowest BCUT2D eigenvalue weighted by Crippen LogP contribution is -2.31. The molecule has 1 unspecified atom stereocenters. The maximum atomic E-state index is 13.0. The number of hydrogen-bond acceptors (Lipinski definition) is 7. The third-order valence-corrected chi connectivity index (χ3v) is 5.48. The van der Waals surface area contributed by atoms with Crippen LogP contribution in [0.1, 0.15) is 29.2 Å². The Balaban J connectivity index is 2.17. The van der Waals surface area contributed by atoms with Gasteiger partial charge in [0, 0.05) is 25.8 Å². The van der Waals surface area contributed by atoms with Crippen LogP contribution in [-0.4, -0.2) is 61.3 Å². The molecule has 2 N–H and O–H groups in total. The Bertz CT molecular complexity index is 1060. The van der Waals surface area contributed by atoms with Crippen molar-refractivity contribution < 1.29 is 34.0 Å². The fourth-order valence-electron chi connectivity index (χ4n) is 3.88. The van der Waals surface area contributed by atoms with E-state index in [1.165, 1.54) is 18.1 Å². The Hall–Kier alpha value is -3.52. The fourth-order valence-corrected chi connectivity index (χ4v) is 3.88. The zero-order valence-corrected chi connectivity index (χ0v) is 18.5. The first-order chi connectivity index (χ1) is 15.3. The molecule has 0 spiro atoms. The number of likely N-dealkylation sites (tertiary alicyclic amines) is 1. The minimum Gasteiger partial charge on any atom is -0.507 e. The highest BCUT2D eigenvalue weighted by molar-refractivity contribution is 6.46. The summed E-state index contributed by atoms with van der Waals surface area (Å²) in [6.45, 7) is 2.48. The van der Waals surface area contributed by atoms with Gasteiger partial charge in [0.15, 0.2) is 11.5 Å². The molecular formula is C24H27NO7. The summed E-state index contributed by atoms with van der Waals surface area (Å²) in [5.41, 5.74) is 1.68. The Labute approximate surface area is 186 Å². The number of aliphatic hydroxyl groups excluding tert-OH is 1. The average Bonchev–Trinajstić information content (AvgIpc) is 3.04. The number of nitrogens with zero attached hydrogens (tertiary/aromatic N) is 1. The normalized spacial score (nSPS) is 17.6. The first-order valence-corrected chi connectivity index (χ1v) is 10.1. The molecule has 8 heteroatoms. The SMILES string of the molecule is COCCCN1C(=O)C(=O)C(=C(O)c2ccc(OC)c(C)c2)C1c1ccc(O)c(OC)c1. The van der Waals surface area contributed by atoms with Gasteiger partial charge in [0.1, 0.15) is 11.5 Å². The number of phenolic OH excluding ortho intramolecular Hbond substituents is 1. The highest BCUT2D eigenvalue weighted by Gasteiger charge is 2.46. The van der Waals surface area contributed by atoms with Crippen molar-refractivity contribution in [1.29, 1.82) is 0 Å². The molecule has 0 saturated carbocycles. The molecule has 0 aliphatic carbocycles. The van der Waals surface area contributed by atoms with Crippen molar-refractivity contribution in [3.05, 3.63) is 58.7 Å². The van der Waals surface area contributed by atoms with Gasteiger partial charge in [-0.15, -0.1) is 0 Å². The van der Waals surface area contributed by atoms with Crippen molar-refractivity contribution >= 4 is 17.4 Å². The number of aliphatic hydroxyl groups is 1. The van der Waals surface area contributed by atoms with Crippen molar-refractivity contribution in [3.63, 3.8) is 0 Å². The molecule has 8 nitrogen and oxygen atoms in total. The van der Waals surface area contributed by atoms with Crippen LogP contribution < -0.4 is 9.47 Å². The van der Waals surface area contributed by atoms with Gasteiger partial charge >= 0.3 is 0 Å². The minimum atomic E-state index is -0.844. The van der Waals surface area contributed by atoms with Crippen molar-refractivity contribution in [2.24, 2.45) is 0 Å². The molecule has 2 aromatic rings. The maximum absolute atomic E-state index is 13.0. The molecule has 1 fully saturated rings. The second-order valence-electron chi connectivity index (χ2n) is 7.45. The number of methoxy groups -OCH3 is 3. The zero-order valence-electron chi connectivity index (χ0n) is 18.5. The van der Waals surface area contributed by atoms with Crippen LogP contribution in [0.5, 0.6) is 17.2 Å². The molecule has 3 rings (SSSR count). The second-order valence-corrected chi connectivity index (χ2v) is 7.45. The largest absolute Gasteiger partial charge is 0.507 e. The molecule has 1 amide bonds. The second kappa shape index (κ2) is 9.74. The number of phenols is 1. The molecule has 1 heterocycles. The van der Waals surface area contributed by atoms with Gasteiger partial charge in [0.25, 0.3) is 11.7 Å². The van der Waals surface area contributed by atoms with Crippen LogP contribution in [0.15, 0.2) is 42.0 Å². The first-order valence-electron chi connectivity index (χ1n) is 10.1. The summed E-state index contributed by atoms with van der Waals surface area (Å²) in [7, 11) is 4.52. The summed E-state index contributed by atoms with van der Waals surface area (Å²) in [4.78, 5) is 27.4. The Morgan fingerprint density at radius 2 is 1.75 bits per heavy atom. The number of aryl methyl sites for hydroxylation is 1. The summed E-state index contributed by atoms with van der Waals surface area (Å²) in [6.07, 6.45) is 0.511. The van der Waals surface area contributed by atoms with Gasteiger partial charge in [-0.1, -0.05) is 6.07 Å². The molecule has 32 heavy (non-hydrogen) atoms. The molecule has 0 aromatic heterocycles. The standard InChI is InChI=1S/C24H27NO7/c1-14-12-16(7-9-18(14)31-3)22(27)20-21(15-6-8-17(26)19(13-15)32-4)25(10-5-11-30-2)24(29)23(20)28/h6-9,12-13,21,26-27H,5,10-11H2,1-4H3. The van der Waals surface area contributed by atoms with Gasteiger partial charge in [0.2, 0.25) is 0 Å². The number of aromatic hydroxyl groups is 1. The van der Waals surface area contributed by atoms with Crippen LogP contribution in [0.3, 0.4) is 0 Å². The van der Waals surface area contributed by atoms with E-state index in [4.69, 9.17) is 14.2 Å². The number of ether oxygens (including phenoxy) is 3. The van der Waals surface area contributed by atoms with E-state index in [-0.39, 0.29) is 29.4 Å². The quantitative estimate of drug-likeness (QED) is 0.281. The molecular weight excluding hydrogens is 414 g/mol. The van der Waals surface area contributed by atoms with Gasteiger partial charge in [-0.25, -0.2) is 0 Å². The minimum absolute atomic E-state index is 0.0234. The van der Waals surface area contributed by atoms with Gasteiger partial charge in [-0.05, 0) is 54.8 Å². The Kier molecular flexibility index (Phi) is 7.05. The molecule has 1 atom stereocenters. The lowest BCUT2D eigenvalue weighted by atomic mass is 9.94. The molecule has 1 saturated heterocycles. The van der Waals surface area contributed by atoms with Crippen LogP contribution in [-0.2, 0) is 14.3 Å². The van der Waals surface area contributed by atoms with Gasteiger partial charge < -0.3 is 29.3 Å². The third-order valence-electron chi connectivity index (χ3n) is 5.48. The van der Waals surface area contributed by atoms with Crippen molar-refractivity contribution in [2.75, 3.05) is 34.5 Å². The highest BCUT2D eigenvalue weighted by atomic mass is 16.5. The Morgan fingerprint density at radius 3 is 2.38 bits per heavy atom. The molecule has 0 bridgehead atoms. The van der Waals surface area contributed by atoms with Crippen LogP contribution in [0.25, 0.3) is 5.76 Å². The molecule has 0 radical (unpaired) electrons. The predicted octanol–water partition coefficient (Wildman–Crippen LogP) is 3.18. The highest BCUT2D eigenvalue weighted by Crippen LogP contribution is 2.42. The zero-order chi connectivity index (χ0) is 23.4. The lowest BCUT2D eigenvalue weighted by Gasteiger charge is -2.25. The lowest BCUT2D eigenvalue weighted by molar-refractivity contribution is -0.140. The topological polar surface area (TPSA) is 106 Å². The van der Waals surface area contributed by atoms with E-state index in [9.17, 15) is 19.8 Å². The number of rotatable bonds is 8. The number of amides is 1. The molecule has 2 aromatic carbocycles. The van der Waals surface area contributed by atoms with E-state index in [1.807, 2.05) is 6.92 Å². The summed E-state index contributed by atoms with van der Waals surface area (Å²) < 4.78 is 15.6. The van der Waals surface area contributed by atoms with Crippen molar-refractivity contribution in [3.8, 4) is 17.2 Å². The van der Waals surface area contributed by atoms with Crippen molar-refractivity contribution in [1.82, 2.24) is 4.90 Å². The number of Topliss-reactive ketones (excluding diaryl/α,β-unsaturated/α-hetero) is 1. The van der Waals surface area contributed by atoms with E-state index in [1.54, 1.807) is 44.6 Å². The summed E-state index contributed by atoms with van der Waals surface area (Å²) >= 11 is 0. The van der Waals surface area contributed by atoms with Crippen LogP contribution >= 0.6 is 0 Å². The van der Waals surface area contributed by atoms with Gasteiger partial charge in [0.05, 0.1) is 25.8 Å². The van der Waals surface area contributed by atoms with Crippen LogP contribution in [0.4, 0.5) is 0 Å². The van der Waals surface area contributed by atoms with Gasteiger partial charge in [-0.3, -0.25) is 9.59 Å². The number of benzene rings is 2. The van der Waals surface area contributed by atoms with E-state index < -0.39 is 17.7 Å². The van der Waals surface area contributed by atoms with Crippen LogP contribution in [0, 0.1) is 6.92 Å². The number of hydrogen-bond donors (Lipinski definition) is 2. The monoisotopic (exact) mass is 441 g/mol. The molecule has 1 aliphatic heterocycles. The average molecular weight is 441 g/mol. The van der Waals surface area contributed by atoms with Crippen LogP contribution in [0.2, 0.25) is 0 Å². The molecule has 1 aliphatic rings. The number of carbonyl (C=O) groups excluding carboxylic acids is 2. The van der Waals surface area contributed by atoms with Crippen molar-refractivity contribution in [2.45, 2.75) is 19.4 Å². The number of ketones is 1. The predicted molar refractivity (Wildman–Crippen MR) is 118 cm³/mol. The Morgan fingerprint density at radius 1 is 1.03 bits per heavy atom. The smallest absolute Gasteiger partial charge is 0.295 e. The summed E-state index contributed by atoms with van der Waals surface area (Å²) in [5.74, 6) is -0.985. The first kappa shape index (κ1) is 23.1. The summed E-state index contributed by atoms with van der Waals surface area (Å²) in [5, 5.41) is 21.1. The third kappa shape index (κ3) is 4.27.